The van der Waals surface area contributed by atoms with Gasteiger partial charge in [-0.1, -0.05) is 63.4 Å². The van der Waals surface area contributed by atoms with E-state index in [2.05, 4.69) is 15.9 Å². The lowest BCUT2D eigenvalue weighted by Gasteiger charge is -2.32. The number of hydrogen-bond donors (Lipinski definition) is 1. The Kier molecular flexibility index (Phi) is 6.71. The molecule has 0 radical (unpaired) electrons. The van der Waals surface area contributed by atoms with Crippen LogP contribution < -0.4 is 4.90 Å². The molecule has 0 aliphatic carbocycles. The number of carboxylic acid groups (broad SMARTS) is 1. The number of amides is 3. The summed E-state index contributed by atoms with van der Waals surface area (Å²) >= 11 is 15.7. The Bertz CT molecular complexity index is 1260. The minimum atomic E-state index is -1.20. The standard InChI is InChI=1S/C25H19BrCl2N2O4/c1-25(13-15-4-8-18(26)9-5-15)23(33)30(21-11-19(27)10-20(28)12-21)24(34)29(25)14-16-2-6-17(7-3-16)22(31)32/h2-12H,13-14H2,1H3,(H,31,32). The zero-order valence-electron chi connectivity index (χ0n) is 18.0. The van der Waals surface area contributed by atoms with Gasteiger partial charge in [0, 0.05) is 27.5 Å². The number of carboxylic acids is 1. The maximum atomic E-state index is 13.8. The first kappa shape index (κ1) is 24.3. The van der Waals surface area contributed by atoms with Crippen LogP contribution in [0.2, 0.25) is 10.0 Å². The fourth-order valence-electron chi connectivity index (χ4n) is 4.02. The van der Waals surface area contributed by atoms with E-state index in [4.69, 9.17) is 28.3 Å². The van der Waals surface area contributed by atoms with E-state index in [0.717, 1.165) is 14.9 Å². The number of carbonyl (C=O) groups excluding carboxylic acids is 2. The molecule has 1 aliphatic rings. The first-order valence-electron chi connectivity index (χ1n) is 10.3. The second-order valence-corrected chi connectivity index (χ2v) is 10.0. The molecule has 1 N–H and O–H groups in total. The minimum absolute atomic E-state index is 0.113. The fourth-order valence-corrected chi connectivity index (χ4v) is 4.80. The monoisotopic (exact) mass is 560 g/mol. The van der Waals surface area contributed by atoms with Crippen molar-refractivity contribution in [3.8, 4) is 0 Å². The smallest absolute Gasteiger partial charge is 0.335 e. The van der Waals surface area contributed by atoms with E-state index in [1.165, 1.54) is 35.2 Å². The van der Waals surface area contributed by atoms with E-state index >= 15 is 0 Å². The molecule has 0 spiro atoms. The molecule has 1 fully saturated rings. The number of nitrogens with zero attached hydrogens (tertiary/aromatic N) is 2. The van der Waals surface area contributed by atoms with Gasteiger partial charge in [0.1, 0.15) is 5.54 Å². The maximum absolute atomic E-state index is 13.8. The molecule has 34 heavy (non-hydrogen) atoms. The van der Waals surface area contributed by atoms with Crippen LogP contribution in [0, 0.1) is 0 Å². The number of halogens is 3. The lowest BCUT2D eigenvalue weighted by atomic mass is 9.90. The van der Waals surface area contributed by atoms with Gasteiger partial charge in [-0.2, -0.15) is 0 Å². The van der Waals surface area contributed by atoms with Crippen LogP contribution in [0.5, 0.6) is 0 Å². The molecule has 0 aromatic heterocycles. The number of carbonyl (C=O) groups is 3. The zero-order chi connectivity index (χ0) is 24.6. The molecule has 1 aliphatic heterocycles. The molecule has 0 bridgehead atoms. The summed E-state index contributed by atoms with van der Waals surface area (Å²) in [5, 5.41) is 9.78. The molecule has 174 valence electrons. The predicted molar refractivity (Wildman–Crippen MR) is 135 cm³/mol. The quantitative estimate of drug-likeness (QED) is 0.352. The summed E-state index contributed by atoms with van der Waals surface area (Å²) < 4.78 is 0.904. The van der Waals surface area contributed by atoms with Crippen molar-refractivity contribution >= 4 is 62.7 Å². The summed E-state index contributed by atoms with van der Waals surface area (Å²) in [5.74, 6) is -1.44. The van der Waals surface area contributed by atoms with Gasteiger partial charge in [-0.05, 0) is 60.5 Å². The molecule has 0 saturated carbocycles. The molecule has 1 unspecified atom stereocenters. The molecule has 1 heterocycles. The largest absolute Gasteiger partial charge is 0.478 e. The molecule has 1 atom stereocenters. The zero-order valence-corrected chi connectivity index (χ0v) is 21.1. The highest BCUT2D eigenvalue weighted by Crippen LogP contribution is 2.38. The van der Waals surface area contributed by atoms with Crippen LogP contribution in [0.25, 0.3) is 0 Å². The third-order valence-corrected chi connectivity index (χ3v) is 6.76. The van der Waals surface area contributed by atoms with Gasteiger partial charge in [-0.15, -0.1) is 0 Å². The highest BCUT2D eigenvalue weighted by molar-refractivity contribution is 9.10. The van der Waals surface area contributed by atoms with E-state index in [1.54, 1.807) is 19.1 Å². The van der Waals surface area contributed by atoms with Crippen molar-refractivity contribution in [1.29, 1.82) is 0 Å². The lowest BCUT2D eigenvalue weighted by molar-refractivity contribution is -0.124. The van der Waals surface area contributed by atoms with Crippen LogP contribution in [0.3, 0.4) is 0 Å². The van der Waals surface area contributed by atoms with Crippen LogP contribution >= 0.6 is 39.1 Å². The molecule has 3 aromatic rings. The number of imide groups is 1. The Labute approximate surface area is 214 Å². The summed E-state index contributed by atoms with van der Waals surface area (Å²) in [6.45, 7) is 1.84. The summed E-state index contributed by atoms with van der Waals surface area (Å²) in [6, 6.07) is 17.8. The average molecular weight is 562 g/mol. The van der Waals surface area contributed by atoms with Gasteiger partial charge in [0.05, 0.1) is 11.3 Å². The Morgan fingerprint density at radius 1 is 0.941 bits per heavy atom. The van der Waals surface area contributed by atoms with Crippen LogP contribution in [0.15, 0.2) is 71.2 Å². The molecule has 4 rings (SSSR count). The van der Waals surface area contributed by atoms with E-state index in [1.807, 2.05) is 24.3 Å². The van der Waals surface area contributed by atoms with Gasteiger partial charge < -0.3 is 10.0 Å². The van der Waals surface area contributed by atoms with Gasteiger partial charge in [0.2, 0.25) is 0 Å². The first-order chi connectivity index (χ1) is 16.1. The number of anilines is 1. The first-order valence-corrected chi connectivity index (χ1v) is 11.8. The highest BCUT2D eigenvalue weighted by atomic mass is 79.9. The lowest BCUT2D eigenvalue weighted by Crippen LogP contribution is -2.48. The number of hydrogen-bond acceptors (Lipinski definition) is 3. The second kappa shape index (κ2) is 9.41. The third kappa shape index (κ3) is 4.69. The molecule has 1 saturated heterocycles. The summed E-state index contributed by atoms with van der Waals surface area (Å²) in [6.07, 6.45) is 0.281. The Morgan fingerprint density at radius 3 is 2.06 bits per heavy atom. The summed E-state index contributed by atoms with van der Waals surface area (Å²) in [7, 11) is 0. The van der Waals surface area contributed by atoms with Gasteiger partial charge in [-0.25, -0.2) is 14.5 Å². The maximum Gasteiger partial charge on any atom is 0.335 e. The van der Waals surface area contributed by atoms with Crippen molar-refractivity contribution < 1.29 is 19.5 Å². The number of benzene rings is 3. The van der Waals surface area contributed by atoms with Gasteiger partial charge in [0.15, 0.2) is 0 Å². The van der Waals surface area contributed by atoms with E-state index in [9.17, 15) is 14.4 Å². The Morgan fingerprint density at radius 2 is 1.50 bits per heavy atom. The minimum Gasteiger partial charge on any atom is -0.478 e. The van der Waals surface area contributed by atoms with Crippen LogP contribution in [-0.4, -0.2) is 33.5 Å². The Balaban J connectivity index is 1.75. The van der Waals surface area contributed by atoms with Crippen molar-refractivity contribution in [2.75, 3.05) is 4.90 Å². The van der Waals surface area contributed by atoms with Gasteiger partial charge >= 0.3 is 12.0 Å². The molecule has 3 aromatic carbocycles. The second-order valence-electron chi connectivity index (χ2n) is 8.22. The van der Waals surface area contributed by atoms with Crippen LogP contribution in [-0.2, 0) is 17.8 Å². The van der Waals surface area contributed by atoms with E-state index in [0.29, 0.717) is 21.3 Å². The molecule has 3 amide bonds. The topological polar surface area (TPSA) is 77.9 Å². The van der Waals surface area contributed by atoms with Crippen molar-refractivity contribution in [3.05, 3.63) is 97.9 Å². The normalized spacial score (nSPS) is 18.0. The van der Waals surface area contributed by atoms with Crippen molar-refractivity contribution in [3.63, 3.8) is 0 Å². The van der Waals surface area contributed by atoms with Crippen molar-refractivity contribution in [2.45, 2.75) is 25.4 Å². The predicted octanol–water partition coefficient (Wildman–Crippen LogP) is 6.42. The molecular formula is C25H19BrCl2N2O4. The summed E-state index contributed by atoms with van der Waals surface area (Å²) in [5.41, 5.74) is 0.799. The van der Waals surface area contributed by atoms with Crippen LogP contribution in [0.1, 0.15) is 28.4 Å². The third-order valence-electron chi connectivity index (χ3n) is 5.79. The fraction of sp³-hybridized carbons (Fsp3) is 0.160. The van der Waals surface area contributed by atoms with Crippen LogP contribution in [0.4, 0.5) is 10.5 Å². The SMILES string of the molecule is CC1(Cc2ccc(Br)cc2)C(=O)N(c2cc(Cl)cc(Cl)c2)C(=O)N1Cc1ccc(C(=O)O)cc1. The van der Waals surface area contributed by atoms with Crippen molar-refractivity contribution in [1.82, 2.24) is 4.90 Å². The molecule has 6 nitrogen and oxygen atoms in total. The number of urea groups is 1. The average Bonchev–Trinajstić information content (AvgIpc) is 2.95. The number of rotatable bonds is 6. The van der Waals surface area contributed by atoms with E-state index < -0.39 is 23.4 Å². The summed E-state index contributed by atoms with van der Waals surface area (Å²) in [4.78, 5) is 41.2. The number of aromatic carboxylic acids is 1. The molecular weight excluding hydrogens is 543 g/mol. The van der Waals surface area contributed by atoms with Gasteiger partial charge in [-0.3, -0.25) is 4.79 Å². The van der Waals surface area contributed by atoms with E-state index in [-0.39, 0.29) is 18.5 Å². The Hall–Kier alpha value is -2.87. The van der Waals surface area contributed by atoms with Gasteiger partial charge in [0.25, 0.3) is 5.91 Å². The molecule has 9 heteroatoms. The van der Waals surface area contributed by atoms with Crippen molar-refractivity contribution in [2.24, 2.45) is 0 Å². The highest BCUT2D eigenvalue weighted by Gasteiger charge is 2.54.